The topological polar surface area (TPSA) is 85.9 Å². The molecule has 2 heterocycles. The molecule has 0 fully saturated rings. The molecule has 7 nitrogen and oxygen atoms in total. The number of aromatic nitrogens is 3. The van der Waals surface area contributed by atoms with E-state index in [-0.39, 0.29) is 5.69 Å². The van der Waals surface area contributed by atoms with Crippen LogP contribution in [-0.2, 0) is 13.5 Å². The van der Waals surface area contributed by atoms with Gasteiger partial charge in [0.25, 0.3) is 0 Å². The first-order valence-corrected chi connectivity index (χ1v) is 6.70. The molecule has 0 radical (unpaired) electrons. The summed E-state index contributed by atoms with van der Waals surface area (Å²) < 4.78 is 1.50. The maximum Gasteiger partial charge on any atom is 0.333 e. The Kier molecular flexibility index (Phi) is 3.79. The summed E-state index contributed by atoms with van der Waals surface area (Å²) in [6.07, 6.45) is 0.736. The van der Waals surface area contributed by atoms with Crippen molar-refractivity contribution < 1.29 is 4.92 Å². The van der Waals surface area contributed by atoms with Crippen LogP contribution in [0.15, 0.2) is 5.38 Å². The van der Waals surface area contributed by atoms with E-state index in [0.717, 1.165) is 17.1 Å². The molecule has 2 aromatic heterocycles. The molecule has 0 unspecified atom stereocenters. The zero-order chi connectivity index (χ0) is 14.0. The molecule has 0 spiro atoms. The summed E-state index contributed by atoms with van der Waals surface area (Å²) in [5, 5.41) is 21.1. The van der Waals surface area contributed by atoms with Gasteiger partial charge in [0.15, 0.2) is 0 Å². The maximum atomic E-state index is 11.0. The summed E-state index contributed by atoms with van der Waals surface area (Å²) in [4.78, 5) is 14.9. The lowest BCUT2D eigenvalue weighted by Gasteiger charge is -2.04. The van der Waals surface area contributed by atoms with Gasteiger partial charge in [-0.2, -0.15) is 5.10 Å². The molecule has 0 amide bonds. The summed E-state index contributed by atoms with van der Waals surface area (Å²) in [7, 11) is 1.69. The lowest BCUT2D eigenvalue weighted by molar-refractivity contribution is -0.384. The molecule has 0 aromatic carbocycles. The molecule has 2 aromatic rings. The average molecular weight is 281 g/mol. The van der Waals surface area contributed by atoms with E-state index in [1.807, 2.05) is 12.3 Å². The first-order valence-electron chi connectivity index (χ1n) is 5.82. The van der Waals surface area contributed by atoms with E-state index in [4.69, 9.17) is 0 Å². The second kappa shape index (κ2) is 5.35. The van der Waals surface area contributed by atoms with E-state index in [0.29, 0.717) is 18.1 Å². The second-order valence-corrected chi connectivity index (χ2v) is 5.17. The Morgan fingerprint density at radius 1 is 1.53 bits per heavy atom. The Hall–Kier alpha value is -1.96. The van der Waals surface area contributed by atoms with E-state index < -0.39 is 4.92 Å². The number of anilines is 1. The molecular weight excluding hydrogens is 266 g/mol. The highest BCUT2D eigenvalue weighted by atomic mass is 32.1. The zero-order valence-electron chi connectivity index (χ0n) is 11.0. The summed E-state index contributed by atoms with van der Waals surface area (Å²) in [5.74, 6) is 0.441. The predicted octanol–water partition coefficient (Wildman–Crippen LogP) is 2.06. The summed E-state index contributed by atoms with van der Waals surface area (Å²) >= 11 is 1.60. The van der Waals surface area contributed by atoms with Crippen molar-refractivity contribution in [3.63, 3.8) is 0 Å². The highest BCUT2D eigenvalue weighted by molar-refractivity contribution is 7.09. The van der Waals surface area contributed by atoms with Gasteiger partial charge in [0, 0.05) is 31.1 Å². The minimum atomic E-state index is -0.405. The van der Waals surface area contributed by atoms with E-state index >= 15 is 0 Å². The second-order valence-electron chi connectivity index (χ2n) is 4.22. The molecule has 8 heteroatoms. The third-order valence-electron chi connectivity index (χ3n) is 2.67. The van der Waals surface area contributed by atoms with Crippen LogP contribution in [-0.4, -0.2) is 26.2 Å². The van der Waals surface area contributed by atoms with Gasteiger partial charge in [0.05, 0.1) is 9.93 Å². The predicted molar refractivity (Wildman–Crippen MR) is 73.6 cm³/mol. The summed E-state index contributed by atoms with van der Waals surface area (Å²) in [5.41, 5.74) is 1.46. The van der Waals surface area contributed by atoms with Gasteiger partial charge < -0.3 is 5.32 Å². The van der Waals surface area contributed by atoms with Crippen molar-refractivity contribution in [3.8, 4) is 0 Å². The molecule has 2 rings (SSSR count). The Morgan fingerprint density at radius 2 is 2.26 bits per heavy atom. The Bertz CT molecular complexity index is 604. The standard InChI is InChI=1S/C11H15N5O2S/c1-7-6-19-9(13-7)4-5-12-11-10(16(17)18)8(2)14-15(11)3/h6,12H,4-5H2,1-3H3. The Morgan fingerprint density at radius 3 is 2.84 bits per heavy atom. The van der Waals surface area contributed by atoms with Crippen LogP contribution >= 0.6 is 11.3 Å². The van der Waals surface area contributed by atoms with Crippen molar-refractivity contribution in [1.29, 1.82) is 0 Å². The van der Waals surface area contributed by atoms with Crippen LogP contribution < -0.4 is 5.32 Å². The van der Waals surface area contributed by atoms with Gasteiger partial charge in [-0.25, -0.2) is 9.67 Å². The van der Waals surface area contributed by atoms with Crippen LogP contribution in [0.4, 0.5) is 11.5 Å². The number of aryl methyl sites for hydroxylation is 3. The highest BCUT2D eigenvalue weighted by Gasteiger charge is 2.23. The lowest BCUT2D eigenvalue weighted by atomic mass is 10.3. The molecule has 0 aliphatic heterocycles. The first kappa shape index (κ1) is 13.5. The molecule has 19 heavy (non-hydrogen) atoms. The van der Waals surface area contributed by atoms with Crippen molar-refractivity contribution in [1.82, 2.24) is 14.8 Å². The maximum absolute atomic E-state index is 11.0. The van der Waals surface area contributed by atoms with Crippen molar-refractivity contribution in [2.24, 2.45) is 7.05 Å². The third kappa shape index (κ3) is 2.90. The van der Waals surface area contributed by atoms with E-state index in [2.05, 4.69) is 15.4 Å². The van der Waals surface area contributed by atoms with E-state index in [1.54, 1.807) is 25.3 Å². The molecule has 0 aliphatic carbocycles. The molecule has 0 aliphatic rings. The lowest BCUT2D eigenvalue weighted by Crippen LogP contribution is -2.10. The van der Waals surface area contributed by atoms with Crippen molar-refractivity contribution in [2.75, 3.05) is 11.9 Å². The SMILES string of the molecule is Cc1csc(CCNc2c([N+](=O)[O-])c(C)nn2C)n1. The number of nitrogens with one attached hydrogen (secondary N) is 1. The van der Waals surface area contributed by atoms with Gasteiger partial charge in [-0.15, -0.1) is 11.3 Å². The number of rotatable bonds is 5. The molecule has 0 saturated heterocycles. The fourth-order valence-electron chi connectivity index (χ4n) is 1.87. The van der Waals surface area contributed by atoms with Crippen LogP contribution in [0.3, 0.4) is 0 Å². The van der Waals surface area contributed by atoms with Crippen LogP contribution in [0, 0.1) is 24.0 Å². The minimum Gasteiger partial charge on any atom is -0.364 e. The molecule has 1 N–H and O–H groups in total. The zero-order valence-corrected chi connectivity index (χ0v) is 11.8. The van der Waals surface area contributed by atoms with Crippen molar-refractivity contribution in [3.05, 3.63) is 31.9 Å². The average Bonchev–Trinajstić information content (AvgIpc) is 2.84. The molecule has 0 saturated carbocycles. The van der Waals surface area contributed by atoms with Gasteiger partial charge >= 0.3 is 5.69 Å². The summed E-state index contributed by atoms with van der Waals surface area (Å²) in [6, 6.07) is 0. The minimum absolute atomic E-state index is 0.0396. The molecule has 102 valence electrons. The number of thiazole rings is 1. The monoisotopic (exact) mass is 281 g/mol. The van der Waals surface area contributed by atoms with Gasteiger partial charge in [-0.3, -0.25) is 10.1 Å². The first-order chi connectivity index (χ1) is 8.99. The normalized spacial score (nSPS) is 10.7. The number of hydrogen-bond acceptors (Lipinski definition) is 6. The van der Waals surface area contributed by atoms with Gasteiger partial charge in [0.2, 0.25) is 5.82 Å². The molecule has 0 atom stereocenters. The van der Waals surface area contributed by atoms with Crippen LogP contribution in [0.2, 0.25) is 0 Å². The highest BCUT2D eigenvalue weighted by Crippen LogP contribution is 2.27. The smallest absolute Gasteiger partial charge is 0.333 e. The van der Waals surface area contributed by atoms with Crippen LogP contribution in [0.5, 0.6) is 0 Å². The summed E-state index contributed by atoms with van der Waals surface area (Å²) in [6.45, 7) is 4.17. The van der Waals surface area contributed by atoms with Gasteiger partial charge in [-0.05, 0) is 13.8 Å². The van der Waals surface area contributed by atoms with Gasteiger partial charge in [-0.1, -0.05) is 0 Å². The largest absolute Gasteiger partial charge is 0.364 e. The van der Waals surface area contributed by atoms with E-state index in [9.17, 15) is 10.1 Å². The number of hydrogen-bond donors (Lipinski definition) is 1. The fraction of sp³-hybridized carbons (Fsp3) is 0.455. The Labute approximate surface area is 114 Å². The fourth-order valence-corrected chi connectivity index (χ4v) is 2.64. The van der Waals surface area contributed by atoms with Gasteiger partial charge in [0.1, 0.15) is 5.69 Å². The van der Waals surface area contributed by atoms with Crippen LogP contribution in [0.1, 0.15) is 16.4 Å². The van der Waals surface area contributed by atoms with E-state index in [1.165, 1.54) is 4.68 Å². The number of nitro groups is 1. The van der Waals surface area contributed by atoms with Crippen molar-refractivity contribution >= 4 is 22.8 Å². The third-order valence-corrected chi connectivity index (χ3v) is 3.70. The molecular formula is C11H15N5O2S. The number of nitrogens with zero attached hydrogens (tertiary/aromatic N) is 4. The van der Waals surface area contributed by atoms with Crippen molar-refractivity contribution in [2.45, 2.75) is 20.3 Å². The van der Waals surface area contributed by atoms with Crippen LogP contribution in [0.25, 0.3) is 0 Å². The Balaban J connectivity index is 2.05. The quantitative estimate of drug-likeness (QED) is 0.669. The molecule has 0 bridgehead atoms.